The van der Waals surface area contributed by atoms with Crippen LogP contribution in [0.2, 0.25) is 0 Å². The Morgan fingerprint density at radius 2 is 1.47 bits per heavy atom. The van der Waals surface area contributed by atoms with Gasteiger partial charge in [0.25, 0.3) is 0 Å². The zero-order valence-electron chi connectivity index (χ0n) is 9.17. The van der Waals surface area contributed by atoms with Gasteiger partial charge in [0.1, 0.15) is 0 Å². The maximum absolute atomic E-state index is 8.72. The molecule has 2 heteroatoms. The average molecular weight is 221 g/mol. The summed E-state index contributed by atoms with van der Waals surface area (Å²) in [6, 6.07) is 18.4. The molecule has 0 saturated heterocycles. The van der Waals surface area contributed by atoms with Gasteiger partial charge in [-0.15, -0.1) is 0 Å². The zero-order chi connectivity index (χ0) is 11.7. The van der Waals surface area contributed by atoms with Crippen LogP contribution in [0.4, 0.5) is 0 Å². The topological polar surface area (TPSA) is 32.6 Å². The molecule has 0 fully saturated rings. The van der Waals surface area contributed by atoms with Crippen molar-refractivity contribution in [1.82, 2.24) is 0 Å². The summed E-state index contributed by atoms with van der Waals surface area (Å²) in [5.41, 5.74) is 0.932. The molecule has 0 spiro atoms. The third-order valence-corrected chi connectivity index (χ3v) is 3.00. The van der Waals surface area contributed by atoms with E-state index in [9.17, 15) is 0 Å². The van der Waals surface area contributed by atoms with Crippen LogP contribution in [0.1, 0.15) is 5.56 Å². The predicted octanol–water partition coefficient (Wildman–Crippen LogP) is 3.80. The molecule has 3 rings (SSSR count). The lowest BCUT2D eigenvalue weighted by Gasteiger charge is -2.06. The third kappa shape index (κ3) is 1.54. The maximum Gasteiger partial charge on any atom is 0.0740 e. The van der Waals surface area contributed by atoms with Gasteiger partial charge in [0, 0.05) is 5.56 Å². The third-order valence-electron chi connectivity index (χ3n) is 3.00. The zero-order valence-corrected chi connectivity index (χ0v) is 9.17. The lowest BCUT2D eigenvalue weighted by atomic mass is 9.98. The van der Waals surface area contributed by atoms with Gasteiger partial charge in [0.15, 0.2) is 0 Å². The molecule has 82 valence electrons. The Morgan fingerprint density at radius 1 is 0.824 bits per heavy atom. The number of fused-ring (bicyclic) bond motifs is 3. The largest absolute Gasteiger partial charge is 0.411 e. The molecular weight excluding hydrogens is 210 g/mol. The number of benzene rings is 3. The van der Waals surface area contributed by atoms with E-state index in [0.717, 1.165) is 16.3 Å². The van der Waals surface area contributed by atoms with Crippen LogP contribution in [-0.4, -0.2) is 11.4 Å². The quantitative estimate of drug-likeness (QED) is 0.288. The van der Waals surface area contributed by atoms with Crippen LogP contribution in [-0.2, 0) is 0 Å². The number of hydrogen-bond acceptors (Lipinski definition) is 2. The van der Waals surface area contributed by atoms with Gasteiger partial charge in [-0.1, -0.05) is 53.7 Å². The Balaban J connectivity index is 2.54. The fraction of sp³-hybridized carbons (Fsp3) is 0. The summed E-state index contributed by atoms with van der Waals surface area (Å²) in [5, 5.41) is 16.5. The second-order valence-corrected chi connectivity index (χ2v) is 3.98. The number of oxime groups is 1. The molecule has 0 bridgehead atoms. The Hall–Kier alpha value is -2.35. The highest BCUT2D eigenvalue weighted by molar-refractivity contribution is 6.13. The van der Waals surface area contributed by atoms with Crippen molar-refractivity contribution in [3.8, 4) is 0 Å². The molecule has 3 aromatic rings. The van der Waals surface area contributed by atoms with E-state index in [4.69, 9.17) is 5.21 Å². The Labute approximate surface area is 98.8 Å². The smallest absolute Gasteiger partial charge is 0.0740 e. The molecular formula is C15H11NO. The molecule has 0 saturated carbocycles. The van der Waals surface area contributed by atoms with E-state index >= 15 is 0 Å². The number of nitrogens with zero attached hydrogens (tertiary/aromatic N) is 1. The molecule has 0 aliphatic rings. The van der Waals surface area contributed by atoms with Gasteiger partial charge in [-0.3, -0.25) is 0 Å². The first kappa shape index (κ1) is 9.85. The van der Waals surface area contributed by atoms with Gasteiger partial charge in [-0.05, 0) is 27.6 Å². The summed E-state index contributed by atoms with van der Waals surface area (Å²) in [6.07, 6.45) is 1.48. The maximum atomic E-state index is 8.72. The van der Waals surface area contributed by atoms with Crippen molar-refractivity contribution in [2.45, 2.75) is 0 Å². The van der Waals surface area contributed by atoms with Crippen molar-refractivity contribution in [1.29, 1.82) is 0 Å². The second-order valence-electron chi connectivity index (χ2n) is 3.98. The molecule has 3 aromatic carbocycles. The first-order valence-electron chi connectivity index (χ1n) is 5.48. The summed E-state index contributed by atoms with van der Waals surface area (Å²) in [6.45, 7) is 0. The van der Waals surface area contributed by atoms with Crippen molar-refractivity contribution in [2.75, 3.05) is 0 Å². The van der Waals surface area contributed by atoms with Crippen molar-refractivity contribution >= 4 is 27.8 Å². The summed E-state index contributed by atoms with van der Waals surface area (Å²) in [4.78, 5) is 0. The van der Waals surface area contributed by atoms with Crippen molar-refractivity contribution in [2.24, 2.45) is 5.16 Å². The van der Waals surface area contributed by atoms with E-state index in [1.165, 1.54) is 17.0 Å². The average Bonchev–Trinajstić information content (AvgIpc) is 2.39. The number of rotatable bonds is 1. The summed E-state index contributed by atoms with van der Waals surface area (Å²) < 4.78 is 0. The highest BCUT2D eigenvalue weighted by Crippen LogP contribution is 2.27. The molecule has 0 aromatic heterocycles. The molecule has 2 nitrogen and oxygen atoms in total. The van der Waals surface area contributed by atoms with Gasteiger partial charge >= 0.3 is 0 Å². The fourth-order valence-electron chi connectivity index (χ4n) is 2.25. The molecule has 0 aliphatic carbocycles. The lowest BCUT2D eigenvalue weighted by Crippen LogP contribution is -1.86. The summed E-state index contributed by atoms with van der Waals surface area (Å²) in [7, 11) is 0. The second kappa shape index (κ2) is 3.91. The minimum atomic E-state index is 0.932. The SMILES string of the molecule is ON=Cc1cc2ccccc2c2ccccc12. The molecule has 17 heavy (non-hydrogen) atoms. The Bertz CT molecular complexity index is 716. The van der Waals surface area contributed by atoms with Crippen LogP contribution in [0.5, 0.6) is 0 Å². The minimum absolute atomic E-state index is 0.932. The molecule has 0 unspecified atom stereocenters. The van der Waals surface area contributed by atoms with Crippen LogP contribution in [0.25, 0.3) is 21.5 Å². The minimum Gasteiger partial charge on any atom is -0.411 e. The summed E-state index contributed by atoms with van der Waals surface area (Å²) in [5.74, 6) is 0. The van der Waals surface area contributed by atoms with Crippen molar-refractivity contribution in [3.63, 3.8) is 0 Å². The molecule has 0 aliphatic heterocycles. The van der Waals surface area contributed by atoms with Crippen LogP contribution in [0.15, 0.2) is 59.8 Å². The monoisotopic (exact) mass is 221 g/mol. The summed E-state index contributed by atoms with van der Waals surface area (Å²) >= 11 is 0. The van der Waals surface area contributed by atoms with Gasteiger partial charge in [-0.2, -0.15) is 0 Å². The highest BCUT2D eigenvalue weighted by Gasteiger charge is 2.03. The highest BCUT2D eigenvalue weighted by atomic mass is 16.4. The molecule has 1 N–H and O–H groups in total. The van der Waals surface area contributed by atoms with E-state index in [0.29, 0.717) is 0 Å². The van der Waals surface area contributed by atoms with E-state index in [1.807, 2.05) is 36.4 Å². The first-order chi connectivity index (χ1) is 8.40. The standard InChI is InChI=1S/C15H11NO/c17-16-10-12-9-11-5-1-2-6-13(11)15-8-4-3-7-14(12)15/h1-10,17H. The van der Waals surface area contributed by atoms with Crippen LogP contribution < -0.4 is 0 Å². The van der Waals surface area contributed by atoms with Gasteiger partial charge in [0.05, 0.1) is 6.21 Å². The van der Waals surface area contributed by atoms with E-state index in [2.05, 4.69) is 23.4 Å². The van der Waals surface area contributed by atoms with Gasteiger partial charge < -0.3 is 5.21 Å². The molecule has 0 heterocycles. The first-order valence-corrected chi connectivity index (χ1v) is 5.48. The van der Waals surface area contributed by atoms with E-state index in [1.54, 1.807) is 0 Å². The van der Waals surface area contributed by atoms with Crippen molar-refractivity contribution < 1.29 is 5.21 Å². The molecule has 0 radical (unpaired) electrons. The van der Waals surface area contributed by atoms with Crippen LogP contribution in [0.3, 0.4) is 0 Å². The fourth-order valence-corrected chi connectivity index (χ4v) is 2.25. The van der Waals surface area contributed by atoms with E-state index < -0.39 is 0 Å². The van der Waals surface area contributed by atoms with Gasteiger partial charge in [0.2, 0.25) is 0 Å². The number of hydrogen-bond donors (Lipinski definition) is 1. The van der Waals surface area contributed by atoms with E-state index in [-0.39, 0.29) is 0 Å². The Morgan fingerprint density at radius 3 is 2.24 bits per heavy atom. The van der Waals surface area contributed by atoms with Crippen molar-refractivity contribution in [3.05, 3.63) is 60.2 Å². The molecule has 0 amide bonds. The van der Waals surface area contributed by atoms with Crippen LogP contribution >= 0.6 is 0 Å². The lowest BCUT2D eigenvalue weighted by molar-refractivity contribution is 0.322. The molecule has 0 atom stereocenters. The predicted molar refractivity (Wildman–Crippen MR) is 70.8 cm³/mol. The van der Waals surface area contributed by atoms with Crippen LogP contribution in [0, 0.1) is 0 Å². The normalized spacial score (nSPS) is 11.5. The Kier molecular flexibility index (Phi) is 2.26. The van der Waals surface area contributed by atoms with Gasteiger partial charge in [-0.25, -0.2) is 0 Å².